The van der Waals surface area contributed by atoms with E-state index < -0.39 is 10.8 Å². The van der Waals surface area contributed by atoms with E-state index in [0.29, 0.717) is 17.9 Å². The Hall–Kier alpha value is -3.22. The van der Waals surface area contributed by atoms with Gasteiger partial charge in [0.1, 0.15) is 5.75 Å². The van der Waals surface area contributed by atoms with Gasteiger partial charge in [0.25, 0.3) is 11.6 Å². The number of amides is 1. The molecule has 0 aromatic heterocycles. The molecule has 0 spiro atoms. The van der Waals surface area contributed by atoms with Gasteiger partial charge in [-0.25, -0.2) is 5.43 Å². The first kappa shape index (κ1) is 16.2. The van der Waals surface area contributed by atoms with Crippen molar-refractivity contribution in [2.45, 2.75) is 6.92 Å². The fraction of sp³-hybridized carbons (Fsp3) is 0.125. The molecule has 0 radical (unpaired) electrons. The number of benzene rings is 2. The summed E-state index contributed by atoms with van der Waals surface area (Å²) in [5, 5.41) is 14.6. The minimum Gasteiger partial charge on any atom is -0.493 e. The van der Waals surface area contributed by atoms with Crippen LogP contribution >= 0.6 is 0 Å². The fourth-order valence-corrected chi connectivity index (χ4v) is 1.86. The number of nitro groups is 1. The molecule has 0 fully saturated rings. The zero-order valence-corrected chi connectivity index (χ0v) is 12.4. The predicted octanol–water partition coefficient (Wildman–Crippen LogP) is 2.76. The molecule has 0 saturated carbocycles. The molecule has 0 heterocycles. The van der Waals surface area contributed by atoms with Crippen molar-refractivity contribution in [3.05, 3.63) is 69.8 Å². The molecule has 0 bridgehead atoms. The maximum atomic E-state index is 11.9. The van der Waals surface area contributed by atoms with Gasteiger partial charge in [0, 0.05) is 23.3 Å². The van der Waals surface area contributed by atoms with E-state index in [0.717, 1.165) is 0 Å². The molecule has 2 aromatic carbocycles. The first-order valence-electron chi connectivity index (χ1n) is 6.91. The van der Waals surface area contributed by atoms with Crippen LogP contribution < -0.4 is 10.2 Å². The predicted molar refractivity (Wildman–Crippen MR) is 85.8 cm³/mol. The molecule has 0 unspecified atom stereocenters. The highest BCUT2D eigenvalue weighted by molar-refractivity contribution is 5.95. The molecule has 0 saturated heterocycles. The fourth-order valence-electron chi connectivity index (χ4n) is 1.86. The minimum absolute atomic E-state index is 0.150. The number of ether oxygens (including phenoxy) is 1. The number of nitro benzene ring substituents is 1. The lowest BCUT2D eigenvalue weighted by molar-refractivity contribution is -0.384. The van der Waals surface area contributed by atoms with E-state index in [4.69, 9.17) is 4.74 Å². The monoisotopic (exact) mass is 313 g/mol. The highest BCUT2D eigenvalue weighted by atomic mass is 16.6. The summed E-state index contributed by atoms with van der Waals surface area (Å²) in [6, 6.07) is 12.7. The van der Waals surface area contributed by atoms with Crippen LogP contribution in [-0.4, -0.2) is 23.7 Å². The summed E-state index contributed by atoms with van der Waals surface area (Å²) in [4.78, 5) is 22.1. The van der Waals surface area contributed by atoms with Gasteiger partial charge in [-0.3, -0.25) is 14.9 Å². The average Bonchev–Trinajstić information content (AvgIpc) is 2.56. The molecule has 118 valence electrons. The molecule has 0 aliphatic carbocycles. The van der Waals surface area contributed by atoms with Crippen molar-refractivity contribution in [2.75, 3.05) is 6.61 Å². The van der Waals surface area contributed by atoms with Gasteiger partial charge in [-0.1, -0.05) is 18.2 Å². The van der Waals surface area contributed by atoms with Gasteiger partial charge in [-0.05, 0) is 25.1 Å². The van der Waals surface area contributed by atoms with E-state index in [2.05, 4.69) is 10.5 Å². The smallest absolute Gasteiger partial charge is 0.271 e. The van der Waals surface area contributed by atoms with Crippen LogP contribution in [0, 0.1) is 10.1 Å². The van der Waals surface area contributed by atoms with Gasteiger partial charge in [-0.15, -0.1) is 0 Å². The second-order valence-electron chi connectivity index (χ2n) is 4.48. The molecular weight excluding hydrogens is 298 g/mol. The standard InChI is InChI=1S/C16H15N3O4/c1-2-23-15-9-4-3-6-13(15)11-17-18-16(20)12-7-5-8-14(10-12)19(21)22/h3-11H,2H2,1H3,(H,18,20)/b17-11+. The second kappa shape index (κ2) is 7.69. The van der Waals surface area contributed by atoms with Crippen molar-refractivity contribution in [3.63, 3.8) is 0 Å². The van der Waals surface area contributed by atoms with Crippen LogP contribution in [0.3, 0.4) is 0 Å². The van der Waals surface area contributed by atoms with Gasteiger partial charge in [0.05, 0.1) is 17.7 Å². The van der Waals surface area contributed by atoms with Crippen LogP contribution in [-0.2, 0) is 0 Å². The Kier molecular flexibility index (Phi) is 5.40. The Morgan fingerprint density at radius 3 is 2.83 bits per heavy atom. The molecule has 2 rings (SSSR count). The lowest BCUT2D eigenvalue weighted by Crippen LogP contribution is -2.17. The number of hydrogen-bond donors (Lipinski definition) is 1. The van der Waals surface area contributed by atoms with E-state index >= 15 is 0 Å². The quantitative estimate of drug-likeness (QED) is 0.504. The zero-order valence-electron chi connectivity index (χ0n) is 12.4. The van der Waals surface area contributed by atoms with Crippen molar-refractivity contribution >= 4 is 17.8 Å². The van der Waals surface area contributed by atoms with Crippen molar-refractivity contribution in [3.8, 4) is 5.75 Å². The Morgan fingerprint density at radius 2 is 2.09 bits per heavy atom. The van der Waals surface area contributed by atoms with Crippen molar-refractivity contribution in [1.29, 1.82) is 0 Å². The molecule has 0 atom stereocenters. The summed E-state index contributed by atoms with van der Waals surface area (Å²) < 4.78 is 5.44. The molecule has 0 aliphatic rings. The number of hydrogen-bond acceptors (Lipinski definition) is 5. The van der Waals surface area contributed by atoms with Crippen LogP contribution in [0.1, 0.15) is 22.8 Å². The number of carbonyl (C=O) groups is 1. The number of nitrogens with one attached hydrogen (secondary N) is 1. The summed E-state index contributed by atoms with van der Waals surface area (Å²) in [5.41, 5.74) is 3.06. The van der Waals surface area contributed by atoms with E-state index in [1.807, 2.05) is 19.1 Å². The number of nitrogens with zero attached hydrogens (tertiary/aromatic N) is 2. The van der Waals surface area contributed by atoms with Crippen molar-refractivity contribution in [2.24, 2.45) is 5.10 Å². The van der Waals surface area contributed by atoms with Crippen LogP contribution in [0.25, 0.3) is 0 Å². The maximum Gasteiger partial charge on any atom is 0.271 e. The third kappa shape index (κ3) is 4.37. The Balaban J connectivity index is 2.07. The van der Waals surface area contributed by atoms with Gasteiger partial charge < -0.3 is 4.74 Å². The highest BCUT2D eigenvalue weighted by Crippen LogP contribution is 2.15. The number of para-hydroxylation sites is 1. The molecule has 1 amide bonds. The minimum atomic E-state index is -0.557. The molecule has 7 nitrogen and oxygen atoms in total. The van der Waals surface area contributed by atoms with Gasteiger partial charge in [0.2, 0.25) is 0 Å². The number of hydrazone groups is 1. The first-order valence-corrected chi connectivity index (χ1v) is 6.91. The van der Waals surface area contributed by atoms with Crippen LogP contribution in [0.4, 0.5) is 5.69 Å². The molecule has 2 aromatic rings. The van der Waals surface area contributed by atoms with Gasteiger partial charge in [-0.2, -0.15) is 5.10 Å². The number of carbonyl (C=O) groups excluding carboxylic acids is 1. The Bertz CT molecular complexity index is 744. The topological polar surface area (TPSA) is 93.8 Å². The van der Waals surface area contributed by atoms with E-state index in [-0.39, 0.29) is 11.3 Å². The largest absolute Gasteiger partial charge is 0.493 e. The average molecular weight is 313 g/mol. The van der Waals surface area contributed by atoms with Crippen LogP contribution in [0.5, 0.6) is 5.75 Å². The SMILES string of the molecule is CCOc1ccccc1/C=N/NC(=O)c1cccc([N+](=O)[O-])c1. The van der Waals surface area contributed by atoms with E-state index in [9.17, 15) is 14.9 Å². The molecule has 1 N–H and O–H groups in total. The molecule has 7 heteroatoms. The van der Waals surface area contributed by atoms with Crippen molar-refractivity contribution < 1.29 is 14.5 Å². The summed E-state index contributed by atoms with van der Waals surface area (Å²) in [7, 11) is 0. The van der Waals surface area contributed by atoms with E-state index in [1.165, 1.54) is 30.5 Å². The van der Waals surface area contributed by atoms with Gasteiger partial charge in [0.15, 0.2) is 0 Å². The summed E-state index contributed by atoms with van der Waals surface area (Å²) in [6.45, 7) is 2.39. The summed E-state index contributed by atoms with van der Waals surface area (Å²) in [5.74, 6) is 0.127. The second-order valence-corrected chi connectivity index (χ2v) is 4.48. The summed E-state index contributed by atoms with van der Waals surface area (Å²) >= 11 is 0. The lowest BCUT2D eigenvalue weighted by Gasteiger charge is -2.05. The van der Waals surface area contributed by atoms with E-state index in [1.54, 1.807) is 12.1 Å². The number of non-ortho nitro benzene ring substituents is 1. The maximum absolute atomic E-state index is 11.9. The zero-order chi connectivity index (χ0) is 16.7. The third-order valence-corrected chi connectivity index (χ3v) is 2.91. The summed E-state index contributed by atoms with van der Waals surface area (Å²) in [6.07, 6.45) is 1.46. The molecular formula is C16H15N3O4. The normalized spacial score (nSPS) is 10.5. The van der Waals surface area contributed by atoms with Crippen molar-refractivity contribution in [1.82, 2.24) is 5.43 Å². The van der Waals surface area contributed by atoms with Crippen LogP contribution in [0.2, 0.25) is 0 Å². The Labute approximate surface area is 132 Å². The molecule has 23 heavy (non-hydrogen) atoms. The first-order chi connectivity index (χ1) is 11.1. The van der Waals surface area contributed by atoms with Gasteiger partial charge >= 0.3 is 0 Å². The lowest BCUT2D eigenvalue weighted by atomic mass is 10.2. The number of rotatable bonds is 6. The third-order valence-electron chi connectivity index (χ3n) is 2.91. The Morgan fingerprint density at radius 1 is 1.30 bits per heavy atom. The van der Waals surface area contributed by atoms with Crippen LogP contribution in [0.15, 0.2) is 53.6 Å². The molecule has 0 aliphatic heterocycles. The highest BCUT2D eigenvalue weighted by Gasteiger charge is 2.10.